The molecule has 20 heavy (non-hydrogen) atoms. The number of rotatable bonds is 0. The average Bonchev–Trinajstić information content (AvgIpc) is 3.13. The largest absolute Gasteiger partial charge is 0.437 e. The smallest absolute Gasteiger partial charge is 0.313 e. The second-order valence-corrected chi connectivity index (χ2v) is 6.44. The van der Waals surface area contributed by atoms with Crippen LogP contribution in [0.3, 0.4) is 0 Å². The molecule has 1 amide bonds. The van der Waals surface area contributed by atoms with Gasteiger partial charge in [0.15, 0.2) is 0 Å². The van der Waals surface area contributed by atoms with Crippen molar-refractivity contribution in [3.63, 3.8) is 0 Å². The van der Waals surface area contributed by atoms with Crippen LogP contribution in [-0.2, 0) is 9.53 Å². The van der Waals surface area contributed by atoms with Crippen molar-refractivity contribution >= 4 is 11.9 Å². The maximum absolute atomic E-state index is 12.7. The van der Waals surface area contributed by atoms with Gasteiger partial charge in [-0.25, -0.2) is 0 Å². The predicted molar refractivity (Wildman–Crippen MR) is 69.6 cm³/mol. The average molecular weight is 269 g/mol. The first-order chi connectivity index (χ1) is 9.75. The van der Waals surface area contributed by atoms with Gasteiger partial charge in [0.05, 0.1) is 12.0 Å². The number of amides is 1. The van der Waals surface area contributed by atoms with E-state index < -0.39 is 6.23 Å². The summed E-state index contributed by atoms with van der Waals surface area (Å²) in [6, 6.07) is 7.58. The van der Waals surface area contributed by atoms with Crippen LogP contribution in [-0.4, -0.2) is 22.8 Å². The Morgan fingerprint density at radius 3 is 2.80 bits per heavy atom. The molecule has 5 rings (SSSR count). The van der Waals surface area contributed by atoms with Crippen LogP contribution in [0.15, 0.2) is 24.3 Å². The number of carbonyl (C=O) groups excluding carboxylic acids is 2. The number of hydrogen-bond donors (Lipinski definition) is 0. The fourth-order valence-electron chi connectivity index (χ4n) is 4.90. The normalized spacial score (nSPS) is 40.4. The molecule has 4 nitrogen and oxygen atoms in total. The second kappa shape index (κ2) is 3.43. The van der Waals surface area contributed by atoms with Crippen LogP contribution in [0.2, 0.25) is 0 Å². The molecule has 5 atom stereocenters. The minimum absolute atomic E-state index is 0.0423. The van der Waals surface area contributed by atoms with Gasteiger partial charge in [-0.15, -0.1) is 0 Å². The Morgan fingerprint density at radius 1 is 1.10 bits per heavy atom. The first kappa shape index (κ1) is 10.9. The summed E-state index contributed by atoms with van der Waals surface area (Å²) in [6.07, 6.45) is 2.86. The Bertz CT molecular complexity index is 640. The summed E-state index contributed by atoms with van der Waals surface area (Å²) in [5.41, 5.74) is 1.56. The first-order valence-electron chi connectivity index (χ1n) is 7.38. The van der Waals surface area contributed by atoms with E-state index in [2.05, 4.69) is 0 Å². The zero-order valence-electron chi connectivity index (χ0n) is 11.0. The van der Waals surface area contributed by atoms with E-state index in [0.717, 1.165) is 24.8 Å². The number of nitrogens with zero attached hydrogens (tertiary/aromatic N) is 1. The number of ether oxygens (including phenoxy) is 1. The number of carbonyl (C=O) groups is 2. The molecule has 0 unspecified atom stereocenters. The molecular weight excluding hydrogens is 254 g/mol. The highest BCUT2D eigenvalue weighted by molar-refractivity contribution is 6.00. The molecule has 2 aliphatic carbocycles. The van der Waals surface area contributed by atoms with Crippen LogP contribution in [0, 0.1) is 17.8 Å². The summed E-state index contributed by atoms with van der Waals surface area (Å²) in [7, 11) is 0. The fraction of sp³-hybridized carbons (Fsp3) is 0.500. The van der Waals surface area contributed by atoms with Crippen LogP contribution < -0.4 is 0 Å². The molecule has 0 N–H and O–H groups in total. The lowest BCUT2D eigenvalue weighted by molar-refractivity contribution is -0.184. The quantitative estimate of drug-likeness (QED) is 0.678. The standard InChI is InChI=1S/C16H15NO3/c18-14-10-3-1-2-4-11(10)15-17(14)13-9-6-5-8(7-9)12(13)16(19)20-15/h1-4,8-9,12-13,15H,5-7H2/t8-,9+,12-,13+,15+/m1/s1. The maximum Gasteiger partial charge on any atom is 0.313 e. The molecule has 1 aromatic carbocycles. The first-order valence-corrected chi connectivity index (χ1v) is 7.38. The van der Waals surface area contributed by atoms with Crippen molar-refractivity contribution in [2.24, 2.45) is 17.8 Å². The number of esters is 1. The predicted octanol–water partition coefficient (Wildman–Crippen LogP) is 2.11. The number of fused-ring (bicyclic) bond motifs is 9. The van der Waals surface area contributed by atoms with E-state index in [9.17, 15) is 9.59 Å². The molecule has 2 aliphatic heterocycles. The van der Waals surface area contributed by atoms with Gasteiger partial charge in [-0.3, -0.25) is 14.5 Å². The third-order valence-corrected chi connectivity index (χ3v) is 5.64. The molecule has 4 heteroatoms. The number of benzene rings is 1. The Labute approximate surface area is 116 Å². The van der Waals surface area contributed by atoms with Gasteiger partial charge in [-0.2, -0.15) is 0 Å². The molecule has 3 fully saturated rings. The van der Waals surface area contributed by atoms with E-state index in [4.69, 9.17) is 4.74 Å². The molecule has 1 aromatic rings. The minimum Gasteiger partial charge on any atom is -0.437 e. The lowest BCUT2D eigenvalue weighted by Crippen LogP contribution is -2.54. The molecule has 2 heterocycles. The molecule has 1 saturated heterocycles. The summed E-state index contributed by atoms with van der Waals surface area (Å²) in [5.74, 6) is 0.783. The Morgan fingerprint density at radius 2 is 1.90 bits per heavy atom. The van der Waals surface area contributed by atoms with E-state index >= 15 is 0 Å². The van der Waals surface area contributed by atoms with E-state index in [1.807, 2.05) is 29.2 Å². The van der Waals surface area contributed by atoms with Crippen molar-refractivity contribution in [1.29, 1.82) is 0 Å². The summed E-state index contributed by atoms with van der Waals surface area (Å²) in [5, 5.41) is 0. The molecule has 0 spiro atoms. The van der Waals surface area contributed by atoms with Gasteiger partial charge >= 0.3 is 5.97 Å². The van der Waals surface area contributed by atoms with Crippen LogP contribution in [0.25, 0.3) is 0 Å². The SMILES string of the molecule is O=C1O[C@H]2c3ccccc3C(=O)N2[C@H]2[C@H]3CC[C@H](C3)[C@@H]12. The lowest BCUT2D eigenvalue weighted by atomic mass is 9.82. The summed E-state index contributed by atoms with van der Waals surface area (Å²) >= 11 is 0. The third-order valence-electron chi connectivity index (χ3n) is 5.64. The molecule has 102 valence electrons. The second-order valence-electron chi connectivity index (χ2n) is 6.44. The van der Waals surface area contributed by atoms with Crippen LogP contribution in [0.5, 0.6) is 0 Å². The molecule has 4 aliphatic rings. The van der Waals surface area contributed by atoms with Crippen LogP contribution in [0.4, 0.5) is 0 Å². The van der Waals surface area contributed by atoms with Crippen molar-refractivity contribution in [2.45, 2.75) is 31.5 Å². The van der Waals surface area contributed by atoms with E-state index in [1.54, 1.807) is 0 Å². The summed E-state index contributed by atoms with van der Waals surface area (Å²) in [4.78, 5) is 26.9. The lowest BCUT2D eigenvalue weighted by Gasteiger charge is -2.43. The minimum atomic E-state index is -0.480. The third kappa shape index (κ3) is 1.10. The van der Waals surface area contributed by atoms with Crippen molar-refractivity contribution < 1.29 is 14.3 Å². The van der Waals surface area contributed by atoms with Gasteiger partial charge in [0.25, 0.3) is 5.91 Å². The van der Waals surface area contributed by atoms with Crippen molar-refractivity contribution in [1.82, 2.24) is 4.90 Å². The Balaban J connectivity index is 1.65. The van der Waals surface area contributed by atoms with Crippen LogP contribution in [0.1, 0.15) is 41.4 Å². The maximum atomic E-state index is 12.7. The number of hydrogen-bond acceptors (Lipinski definition) is 3. The van der Waals surface area contributed by atoms with Gasteiger partial charge in [0.2, 0.25) is 6.23 Å². The van der Waals surface area contributed by atoms with Gasteiger partial charge in [0.1, 0.15) is 0 Å². The van der Waals surface area contributed by atoms with Crippen molar-refractivity contribution in [2.75, 3.05) is 0 Å². The highest BCUT2D eigenvalue weighted by Gasteiger charge is 2.61. The summed E-state index contributed by atoms with van der Waals surface area (Å²) < 4.78 is 5.64. The van der Waals surface area contributed by atoms with Gasteiger partial charge < -0.3 is 4.74 Å². The molecule has 0 aromatic heterocycles. The highest BCUT2D eigenvalue weighted by Crippen LogP contribution is 2.56. The topological polar surface area (TPSA) is 46.6 Å². The van der Waals surface area contributed by atoms with Gasteiger partial charge in [0, 0.05) is 11.1 Å². The zero-order valence-corrected chi connectivity index (χ0v) is 11.0. The Hall–Kier alpha value is -1.84. The van der Waals surface area contributed by atoms with E-state index in [1.165, 1.54) is 0 Å². The summed E-state index contributed by atoms with van der Waals surface area (Å²) in [6.45, 7) is 0. The van der Waals surface area contributed by atoms with Crippen LogP contribution >= 0.6 is 0 Å². The van der Waals surface area contributed by atoms with Crippen molar-refractivity contribution in [3.05, 3.63) is 35.4 Å². The molecular formula is C16H15NO3. The van der Waals surface area contributed by atoms with Gasteiger partial charge in [-0.05, 0) is 37.2 Å². The highest BCUT2D eigenvalue weighted by atomic mass is 16.6. The van der Waals surface area contributed by atoms with E-state index in [0.29, 0.717) is 17.4 Å². The molecule has 0 radical (unpaired) electrons. The van der Waals surface area contributed by atoms with Gasteiger partial charge in [-0.1, -0.05) is 18.2 Å². The van der Waals surface area contributed by atoms with Crippen molar-refractivity contribution in [3.8, 4) is 0 Å². The monoisotopic (exact) mass is 269 g/mol. The fourth-order valence-corrected chi connectivity index (χ4v) is 4.90. The zero-order chi connectivity index (χ0) is 13.4. The molecule has 2 saturated carbocycles. The molecule has 2 bridgehead atoms. The Kier molecular flexibility index (Phi) is 1.87. The van der Waals surface area contributed by atoms with E-state index in [-0.39, 0.29) is 23.8 Å².